The van der Waals surface area contributed by atoms with E-state index < -0.39 is 0 Å². The molecule has 2 N–H and O–H groups in total. The highest BCUT2D eigenvalue weighted by Gasteiger charge is 2.23. The molecule has 0 aromatic rings. The van der Waals surface area contributed by atoms with Gasteiger partial charge in [-0.15, -0.1) is 0 Å². The molecular weight excluding hydrogens is 622 g/mol. The van der Waals surface area contributed by atoms with Gasteiger partial charge in [-0.2, -0.15) is 0 Å². The third kappa shape index (κ3) is 37.1. The Labute approximate surface area is 312 Å². The summed E-state index contributed by atoms with van der Waals surface area (Å²) in [5.74, 6) is 0.246. The van der Waals surface area contributed by atoms with E-state index in [0.29, 0.717) is 6.61 Å². The monoisotopic (exact) mass is 712 g/mol. The number of carbonyl (C=O) groups excluding carboxylic acids is 1. The van der Waals surface area contributed by atoms with Crippen LogP contribution in [-0.2, 0) is 19.5 Å². The fourth-order valence-corrected chi connectivity index (χ4v) is 7.18. The molecule has 0 rings (SSSR count). The molecule has 0 radical (unpaired) electrons. The Bertz CT molecular complexity index is 648. The van der Waals surface area contributed by atoms with Crippen LogP contribution >= 0.6 is 0 Å². The average Bonchev–Trinajstić information content (AvgIpc) is 3.12. The number of hydrogen-bond donors (Lipinski definition) is 2. The molecule has 6 nitrogen and oxygen atoms in total. The number of esters is 1. The van der Waals surface area contributed by atoms with Gasteiger partial charge in [-0.25, -0.2) is 10.1 Å². The first-order chi connectivity index (χ1) is 24.7. The van der Waals surface area contributed by atoms with Crippen LogP contribution in [0.3, 0.4) is 0 Å². The lowest BCUT2D eigenvalue weighted by Gasteiger charge is -2.22. The SMILES string of the molecule is CCCCCCCCC(CCCCCCCCCCCCNCCCCCCCOOO)OC(=O)C(CCCCCC)CCCCCCCC. The van der Waals surface area contributed by atoms with Crippen LogP contribution in [0.5, 0.6) is 0 Å². The topological polar surface area (TPSA) is 77.0 Å². The summed E-state index contributed by atoms with van der Waals surface area (Å²) >= 11 is 0. The smallest absolute Gasteiger partial charge is 0.309 e. The third-order valence-electron chi connectivity index (χ3n) is 10.6. The van der Waals surface area contributed by atoms with Crippen LogP contribution in [0, 0.1) is 5.92 Å². The van der Waals surface area contributed by atoms with Crippen molar-refractivity contribution in [2.45, 2.75) is 252 Å². The maximum Gasteiger partial charge on any atom is 0.309 e. The van der Waals surface area contributed by atoms with E-state index in [1.165, 1.54) is 186 Å². The van der Waals surface area contributed by atoms with Crippen LogP contribution in [0.4, 0.5) is 0 Å². The predicted octanol–water partition coefficient (Wildman–Crippen LogP) is 14.2. The fraction of sp³-hybridized carbons (Fsp3) is 0.977. The molecule has 0 aliphatic carbocycles. The highest BCUT2D eigenvalue weighted by Crippen LogP contribution is 2.24. The van der Waals surface area contributed by atoms with E-state index >= 15 is 0 Å². The molecule has 0 aliphatic rings. The molecule has 2 unspecified atom stereocenters. The Morgan fingerprint density at radius 2 is 0.800 bits per heavy atom. The molecule has 0 saturated heterocycles. The molecule has 0 fully saturated rings. The largest absolute Gasteiger partial charge is 0.462 e. The Morgan fingerprint density at radius 3 is 1.22 bits per heavy atom. The number of nitrogens with one attached hydrogen (secondary N) is 1. The van der Waals surface area contributed by atoms with Crippen LogP contribution in [-0.4, -0.2) is 37.0 Å². The van der Waals surface area contributed by atoms with Crippen LogP contribution < -0.4 is 5.32 Å². The second-order valence-corrected chi connectivity index (χ2v) is 15.5. The van der Waals surface area contributed by atoms with Crippen molar-refractivity contribution in [2.75, 3.05) is 19.7 Å². The van der Waals surface area contributed by atoms with E-state index in [1.54, 1.807) is 0 Å². The highest BCUT2D eigenvalue weighted by molar-refractivity contribution is 5.72. The molecule has 2 atom stereocenters. The molecule has 0 aliphatic heterocycles. The Hall–Kier alpha value is -0.690. The van der Waals surface area contributed by atoms with Crippen molar-refractivity contribution < 1.29 is 24.7 Å². The second-order valence-electron chi connectivity index (χ2n) is 15.5. The summed E-state index contributed by atoms with van der Waals surface area (Å²) in [6.07, 6.45) is 43.8. The quantitative estimate of drug-likeness (QED) is 0.0284. The maximum atomic E-state index is 13.5. The molecule has 0 saturated carbocycles. The lowest BCUT2D eigenvalue weighted by atomic mass is 9.94. The average molecular weight is 712 g/mol. The lowest BCUT2D eigenvalue weighted by Crippen LogP contribution is -2.25. The summed E-state index contributed by atoms with van der Waals surface area (Å²) < 4.78 is 6.38. The summed E-state index contributed by atoms with van der Waals surface area (Å²) in [5.41, 5.74) is 0. The molecule has 0 aromatic heterocycles. The summed E-state index contributed by atoms with van der Waals surface area (Å²) in [4.78, 5) is 18.0. The number of hydrogen-bond acceptors (Lipinski definition) is 6. The van der Waals surface area contributed by atoms with Crippen LogP contribution in [0.2, 0.25) is 0 Å². The third-order valence-corrected chi connectivity index (χ3v) is 10.6. The van der Waals surface area contributed by atoms with Gasteiger partial charge in [0.2, 0.25) is 0 Å². The Morgan fingerprint density at radius 1 is 0.460 bits per heavy atom. The molecular formula is C44H89NO5. The van der Waals surface area contributed by atoms with Crippen molar-refractivity contribution in [1.82, 2.24) is 5.32 Å². The highest BCUT2D eigenvalue weighted by atomic mass is 17.5. The van der Waals surface area contributed by atoms with Crippen molar-refractivity contribution >= 4 is 5.97 Å². The minimum atomic E-state index is 0.114. The standard InChI is InChI=1S/C44H89NO5/c1-4-7-10-13-22-29-36-42(35-28-12-9-6-3)44(46)49-43(37-30-23-14-11-8-5-2)38-31-24-19-17-15-16-18-20-25-32-39-45-40-33-26-21-27-34-41-48-50-47/h42-43,45,47H,4-41H2,1-3H3. The van der Waals surface area contributed by atoms with Crippen LogP contribution in [0.1, 0.15) is 245 Å². The summed E-state index contributed by atoms with van der Waals surface area (Å²) in [6.45, 7) is 9.56. The maximum absolute atomic E-state index is 13.5. The van der Waals surface area contributed by atoms with E-state index in [4.69, 9.17) is 9.99 Å². The van der Waals surface area contributed by atoms with Gasteiger partial charge in [0.1, 0.15) is 6.10 Å². The molecule has 0 heterocycles. The summed E-state index contributed by atoms with van der Waals surface area (Å²) in [7, 11) is 0. The van der Waals surface area contributed by atoms with E-state index in [-0.39, 0.29) is 18.0 Å². The first-order valence-corrected chi connectivity index (χ1v) is 22.5. The first kappa shape index (κ1) is 49.3. The normalized spacial score (nSPS) is 12.8. The van der Waals surface area contributed by atoms with E-state index in [2.05, 4.69) is 36.0 Å². The van der Waals surface area contributed by atoms with E-state index in [9.17, 15) is 4.79 Å². The molecule has 0 aromatic carbocycles. The fourth-order valence-electron chi connectivity index (χ4n) is 7.18. The number of rotatable bonds is 43. The predicted molar refractivity (Wildman–Crippen MR) is 215 cm³/mol. The van der Waals surface area contributed by atoms with Gasteiger partial charge in [-0.05, 0) is 70.9 Å². The Balaban J connectivity index is 4.22. The van der Waals surface area contributed by atoms with Gasteiger partial charge >= 0.3 is 5.97 Å². The minimum Gasteiger partial charge on any atom is -0.462 e. The van der Waals surface area contributed by atoms with Gasteiger partial charge < -0.3 is 10.1 Å². The van der Waals surface area contributed by atoms with Gasteiger partial charge in [0.25, 0.3) is 0 Å². The molecule has 0 spiro atoms. The van der Waals surface area contributed by atoms with E-state index in [1.807, 2.05) is 0 Å². The number of carbonyl (C=O) groups is 1. The van der Waals surface area contributed by atoms with Gasteiger partial charge in [0.05, 0.1) is 12.5 Å². The lowest BCUT2D eigenvalue weighted by molar-refractivity contribution is -0.490. The van der Waals surface area contributed by atoms with Crippen molar-refractivity contribution in [3.8, 4) is 0 Å². The number of unbranched alkanes of at least 4 members (excludes halogenated alkanes) is 26. The van der Waals surface area contributed by atoms with Crippen molar-refractivity contribution in [2.24, 2.45) is 5.92 Å². The number of ether oxygens (including phenoxy) is 1. The van der Waals surface area contributed by atoms with Crippen LogP contribution in [0.15, 0.2) is 0 Å². The molecule has 300 valence electrons. The zero-order valence-corrected chi connectivity index (χ0v) is 34.1. The van der Waals surface area contributed by atoms with Crippen LogP contribution in [0.25, 0.3) is 0 Å². The van der Waals surface area contributed by atoms with E-state index in [0.717, 1.165) is 51.6 Å². The second kappa shape index (κ2) is 42.7. The van der Waals surface area contributed by atoms with Gasteiger partial charge in [-0.3, -0.25) is 4.79 Å². The van der Waals surface area contributed by atoms with Crippen molar-refractivity contribution in [3.63, 3.8) is 0 Å². The Kier molecular flexibility index (Phi) is 42.1. The zero-order chi connectivity index (χ0) is 36.4. The van der Waals surface area contributed by atoms with Gasteiger partial charge in [0, 0.05) is 0 Å². The molecule has 0 bridgehead atoms. The summed E-state index contributed by atoms with van der Waals surface area (Å²) in [5, 5.41) is 15.3. The van der Waals surface area contributed by atoms with Crippen molar-refractivity contribution in [1.29, 1.82) is 0 Å². The van der Waals surface area contributed by atoms with Gasteiger partial charge in [-0.1, -0.05) is 193 Å². The minimum absolute atomic E-state index is 0.114. The molecule has 6 heteroatoms. The zero-order valence-electron chi connectivity index (χ0n) is 34.1. The molecule has 50 heavy (non-hydrogen) atoms. The van der Waals surface area contributed by atoms with Crippen molar-refractivity contribution in [3.05, 3.63) is 0 Å². The molecule has 0 amide bonds. The first-order valence-electron chi connectivity index (χ1n) is 22.5. The summed E-state index contributed by atoms with van der Waals surface area (Å²) in [6, 6.07) is 0. The van der Waals surface area contributed by atoms with Gasteiger partial charge in [0.15, 0.2) is 0 Å².